The maximum atomic E-state index is 5.41. The van der Waals surface area contributed by atoms with Gasteiger partial charge in [0, 0.05) is 19.2 Å². The Morgan fingerprint density at radius 2 is 2.06 bits per heavy atom. The molecule has 0 spiro atoms. The molecular weight excluding hydrogens is 198 g/mol. The molecule has 0 bridgehead atoms. The molecule has 0 aromatic rings. The van der Waals surface area contributed by atoms with E-state index in [0.717, 1.165) is 25.2 Å². The van der Waals surface area contributed by atoms with E-state index in [9.17, 15) is 0 Å². The van der Waals surface area contributed by atoms with Gasteiger partial charge >= 0.3 is 0 Å². The summed E-state index contributed by atoms with van der Waals surface area (Å²) in [6.45, 7) is 7.96. The van der Waals surface area contributed by atoms with E-state index in [2.05, 4.69) is 19.2 Å². The largest absolute Gasteiger partial charge is 0.381 e. The van der Waals surface area contributed by atoms with E-state index >= 15 is 0 Å². The zero-order chi connectivity index (χ0) is 11.4. The topological polar surface area (TPSA) is 21.3 Å². The second-order valence-electron chi connectivity index (χ2n) is 6.43. The molecule has 0 radical (unpaired) electrons. The highest BCUT2D eigenvalue weighted by Gasteiger charge is 2.25. The van der Waals surface area contributed by atoms with Crippen molar-refractivity contribution < 1.29 is 4.74 Å². The minimum atomic E-state index is 0.576. The van der Waals surface area contributed by atoms with Crippen LogP contribution in [0.15, 0.2) is 0 Å². The fourth-order valence-corrected chi connectivity index (χ4v) is 2.94. The van der Waals surface area contributed by atoms with Crippen LogP contribution in [0, 0.1) is 11.3 Å². The van der Waals surface area contributed by atoms with Gasteiger partial charge in [-0.25, -0.2) is 0 Å². The molecule has 0 aromatic heterocycles. The molecule has 2 unspecified atom stereocenters. The maximum Gasteiger partial charge on any atom is 0.0507 e. The molecule has 1 saturated carbocycles. The summed E-state index contributed by atoms with van der Waals surface area (Å²) in [6, 6.07) is 0.766. The molecule has 2 aliphatic rings. The van der Waals surface area contributed by atoms with Crippen LogP contribution in [0.3, 0.4) is 0 Å². The maximum absolute atomic E-state index is 5.41. The number of hydrogen-bond acceptors (Lipinski definition) is 2. The minimum Gasteiger partial charge on any atom is -0.381 e. The fraction of sp³-hybridized carbons (Fsp3) is 1.00. The monoisotopic (exact) mass is 225 g/mol. The molecule has 2 atom stereocenters. The van der Waals surface area contributed by atoms with Crippen molar-refractivity contribution in [1.29, 1.82) is 0 Å². The Morgan fingerprint density at radius 1 is 1.19 bits per heavy atom. The highest BCUT2D eigenvalue weighted by Crippen LogP contribution is 2.33. The molecule has 2 heteroatoms. The quantitative estimate of drug-likeness (QED) is 0.746. The van der Waals surface area contributed by atoms with E-state index in [1.807, 2.05) is 0 Å². The lowest BCUT2D eigenvalue weighted by molar-refractivity contribution is 0.184. The summed E-state index contributed by atoms with van der Waals surface area (Å²) < 4.78 is 5.41. The molecule has 1 heterocycles. The van der Waals surface area contributed by atoms with E-state index in [0.29, 0.717) is 5.41 Å². The Hall–Kier alpha value is -0.0800. The van der Waals surface area contributed by atoms with Crippen molar-refractivity contribution in [1.82, 2.24) is 5.32 Å². The number of hydrogen-bond donors (Lipinski definition) is 1. The number of ether oxygens (including phenoxy) is 1. The van der Waals surface area contributed by atoms with E-state index in [1.165, 1.54) is 45.1 Å². The number of nitrogens with one attached hydrogen (secondary N) is 1. The van der Waals surface area contributed by atoms with Gasteiger partial charge in [0.15, 0.2) is 0 Å². The van der Waals surface area contributed by atoms with Gasteiger partial charge in [0.05, 0.1) is 6.61 Å². The molecule has 94 valence electrons. The fourth-order valence-electron chi connectivity index (χ4n) is 2.94. The van der Waals surface area contributed by atoms with Crippen molar-refractivity contribution >= 4 is 0 Å². The van der Waals surface area contributed by atoms with Gasteiger partial charge in [-0.05, 0) is 43.4 Å². The Morgan fingerprint density at radius 3 is 2.81 bits per heavy atom. The average molecular weight is 225 g/mol. The van der Waals surface area contributed by atoms with Gasteiger partial charge in [-0.15, -0.1) is 0 Å². The molecule has 1 saturated heterocycles. The summed E-state index contributed by atoms with van der Waals surface area (Å²) >= 11 is 0. The van der Waals surface area contributed by atoms with Crippen LogP contribution in [0.4, 0.5) is 0 Å². The first kappa shape index (κ1) is 12.4. The van der Waals surface area contributed by atoms with Crippen LogP contribution >= 0.6 is 0 Å². The second-order valence-corrected chi connectivity index (χ2v) is 6.43. The van der Waals surface area contributed by atoms with E-state index in [4.69, 9.17) is 4.74 Å². The summed E-state index contributed by atoms with van der Waals surface area (Å²) in [4.78, 5) is 0. The van der Waals surface area contributed by atoms with Crippen LogP contribution in [0.2, 0.25) is 0 Å². The summed E-state index contributed by atoms with van der Waals surface area (Å²) in [5, 5.41) is 3.76. The molecule has 2 fully saturated rings. The lowest BCUT2D eigenvalue weighted by Crippen LogP contribution is -2.33. The van der Waals surface area contributed by atoms with Crippen molar-refractivity contribution in [3.63, 3.8) is 0 Å². The zero-order valence-electron chi connectivity index (χ0n) is 10.9. The van der Waals surface area contributed by atoms with Crippen molar-refractivity contribution in [2.75, 3.05) is 19.8 Å². The van der Waals surface area contributed by atoms with Gasteiger partial charge in [0.1, 0.15) is 0 Å². The van der Waals surface area contributed by atoms with Crippen LogP contribution in [-0.4, -0.2) is 25.8 Å². The first-order chi connectivity index (χ1) is 7.66. The van der Waals surface area contributed by atoms with Gasteiger partial charge in [0.25, 0.3) is 0 Å². The zero-order valence-corrected chi connectivity index (χ0v) is 10.9. The Bertz CT molecular complexity index is 209. The smallest absolute Gasteiger partial charge is 0.0507 e. The highest BCUT2D eigenvalue weighted by atomic mass is 16.5. The molecule has 1 aliphatic heterocycles. The van der Waals surface area contributed by atoms with E-state index in [-0.39, 0.29) is 0 Å². The molecule has 16 heavy (non-hydrogen) atoms. The second kappa shape index (κ2) is 5.50. The third-order valence-corrected chi connectivity index (χ3v) is 4.29. The van der Waals surface area contributed by atoms with Crippen molar-refractivity contribution in [3.05, 3.63) is 0 Å². The lowest BCUT2D eigenvalue weighted by atomic mass is 9.85. The van der Waals surface area contributed by atoms with Gasteiger partial charge in [-0.3, -0.25) is 0 Å². The Labute approximate surface area is 100 Å². The van der Waals surface area contributed by atoms with Crippen molar-refractivity contribution in [2.24, 2.45) is 11.3 Å². The molecule has 0 aromatic carbocycles. The van der Waals surface area contributed by atoms with Crippen LogP contribution in [0.5, 0.6) is 0 Å². The van der Waals surface area contributed by atoms with Crippen molar-refractivity contribution in [3.8, 4) is 0 Å². The Kier molecular flexibility index (Phi) is 4.26. The predicted octanol–water partition coefficient (Wildman–Crippen LogP) is 2.97. The van der Waals surface area contributed by atoms with Gasteiger partial charge in [0.2, 0.25) is 0 Å². The van der Waals surface area contributed by atoms with Crippen LogP contribution in [-0.2, 0) is 4.74 Å². The highest BCUT2D eigenvalue weighted by molar-refractivity contribution is 4.80. The summed E-state index contributed by atoms with van der Waals surface area (Å²) in [6.07, 6.45) is 8.16. The summed E-state index contributed by atoms with van der Waals surface area (Å²) in [7, 11) is 0. The van der Waals surface area contributed by atoms with E-state index in [1.54, 1.807) is 0 Å². The van der Waals surface area contributed by atoms with Crippen molar-refractivity contribution in [2.45, 2.75) is 58.4 Å². The predicted molar refractivity (Wildman–Crippen MR) is 67.6 cm³/mol. The molecule has 2 nitrogen and oxygen atoms in total. The third-order valence-electron chi connectivity index (χ3n) is 4.29. The minimum absolute atomic E-state index is 0.576. The first-order valence-electron chi connectivity index (χ1n) is 6.97. The standard InChI is InChI=1S/C14H27NO/c1-14(2)7-3-4-13(5-8-14)15-10-12-6-9-16-11-12/h12-13,15H,3-11H2,1-2H3. The first-order valence-corrected chi connectivity index (χ1v) is 6.97. The molecule has 1 N–H and O–H groups in total. The average Bonchev–Trinajstić information content (AvgIpc) is 2.68. The van der Waals surface area contributed by atoms with Gasteiger partial charge < -0.3 is 10.1 Å². The molecule has 2 rings (SSSR count). The molecule has 0 amide bonds. The van der Waals surface area contributed by atoms with Crippen LogP contribution in [0.25, 0.3) is 0 Å². The van der Waals surface area contributed by atoms with Gasteiger partial charge in [-0.2, -0.15) is 0 Å². The van der Waals surface area contributed by atoms with E-state index < -0.39 is 0 Å². The Balaban J connectivity index is 1.69. The van der Waals surface area contributed by atoms with Gasteiger partial charge in [-0.1, -0.05) is 20.3 Å². The summed E-state index contributed by atoms with van der Waals surface area (Å²) in [5.41, 5.74) is 0.576. The summed E-state index contributed by atoms with van der Waals surface area (Å²) in [5.74, 6) is 0.774. The lowest BCUT2D eigenvalue weighted by Gasteiger charge is -2.22. The number of rotatable bonds is 3. The van der Waals surface area contributed by atoms with Crippen LogP contribution in [0.1, 0.15) is 52.4 Å². The van der Waals surface area contributed by atoms with Crippen LogP contribution < -0.4 is 5.32 Å². The normalized spacial score (nSPS) is 34.9. The SMILES string of the molecule is CC1(C)CCCC(NCC2CCOC2)CC1. The molecular formula is C14H27NO. The third kappa shape index (κ3) is 3.74. The molecule has 1 aliphatic carbocycles.